The van der Waals surface area contributed by atoms with Crippen LogP contribution < -0.4 is 10.5 Å². The smallest absolute Gasteiger partial charge is 0.170 e. The number of nitriles is 1. The number of fused-ring (bicyclic) bond motifs is 7. The van der Waals surface area contributed by atoms with Crippen molar-refractivity contribution in [1.29, 1.82) is 5.26 Å². The van der Waals surface area contributed by atoms with E-state index < -0.39 is 0 Å². The predicted molar refractivity (Wildman–Crippen MR) is 124 cm³/mol. The largest absolute Gasteiger partial charge is 0.482 e. The molecule has 0 saturated carbocycles. The maximum absolute atomic E-state index is 9.77. The van der Waals surface area contributed by atoms with E-state index in [1.807, 2.05) is 26.1 Å². The molecule has 2 aromatic heterocycles. The molecule has 0 radical (unpaired) electrons. The number of hydrogen-bond donors (Lipinski definition) is 1. The van der Waals surface area contributed by atoms with Gasteiger partial charge in [-0.1, -0.05) is 48.0 Å². The van der Waals surface area contributed by atoms with E-state index in [0.717, 1.165) is 44.6 Å². The van der Waals surface area contributed by atoms with Crippen LogP contribution in [-0.4, -0.2) is 14.8 Å². The summed E-state index contributed by atoms with van der Waals surface area (Å²) in [6.45, 7) is 4.10. The molecule has 5 rings (SSSR count). The molecule has 32 heavy (non-hydrogen) atoms. The lowest BCUT2D eigenvalue weighted by atomic mass is 9.89. The van der Waals surface area contributed by atoms with E-state index >= 15 is 0 Å². The summed E-state index contributed by atoms with van der Waals surface area (Å²) in [7, 11) is 1.87. The van der Waals surface area contributed by atoms with E-state index in [9.17, 15) is 5.26 Å². The number of hydrogen-bond acceptors (Lipinski definition) is 5. The second kappa shape index (κ2) is 7.54. The third-order valence-electron chi connectivity index (χ3n) is 6.06. The maximum atomic E-state index is 9.77. The number of anilines is 1. The third-order valence-corrected chi connectivity index (χ3v) is 6.06. The standard InChI is InChI=1S/C26H23N5O/c1-15-8-9-20-19-7-5-4-6-17(19)11-23-25(22(13-27)30-31(23)3)18-12-24(26(28)29-14-18)32-16(2)21(20)10-15/h4-10,12,14,16H,11H2,1-3H3,(H2,28,29)/t16-/m1/s1. The van der Waals surface area contributed by atoms with Gasteiger partial charge in [0.15, 0.2) is 17.3 Å². The highest BCUT2D eigenvalue weighted by atomic mass is 16.5. The van der Waals surface area contributed by atoms with Crippen molar-refractivity contribution in [2.45, 2.75) is 26.4 Å². The number of nitrogens with two attached hydrogens (primary N) is 1. The number of benzene rings is 2. The van der Waals surface area contributed by atoms with Gasteiger partial charge < -0.3 is 10.5 Å². The molecule has 6 nitrogen and oxygen atoms in total. The lowest BCUT2D eigenvalue weighted by Crippen LogP contribution is -2.10. The van der Waals surface area contributed by atoms with E-state index in [-0.39, 0.29) is 6.10 Å². The zero-order chi connectivity index (χ0) is 22.4. The highest BCUT2D eigenvalue weighted by Gasteiger charge is 2.24. The van der Waals surface area contributed by atoms with Crippen molar-refractivity contribution >= 4 is 5.82 Å². The average Bonchev–Trinajstić information content (AvgIpc) is 3.10. The number of rotatable bonds is 0. The molecule has 0 aliphatic carbocycles. The first-order valence-electron chi connectivity index (χ1n) is 10.5. The molecule has 1 aliphatic rings. The molecule has 0 unspecified atom stereocenters. The minimum atomic E-state index is -0.250. The number of pyridine rings is 1. The van der Waals surface area contributed by atoms with Crippen LogP contribution in [0.2, 0.25) is 0 Å². The molecule has 0 fully saturated rings. The van der Waals surface area contributed by atoms with Gasteiger partial charge in [-0.15, -0.1) is 0 Å². The molecule has 4 aromatic rings. The van der Waals surface area contributed by atoms with E-state index in [4.69, 9.17) is 10.5 Å². The van der Waals surface area contributed by atoms with Gasteiger partial charge in [-0.3, -0.25) is 4.68 Å². The molecule has 2 bridgehead atoms. The van der Waals surface area contributed by atoms with Crippen molar-refractivity contribution < 1.29 is 4.74 Å². The van der Waals surface area contributed by atoms with Gasteiger partial charge >= 0.3 is 0 Å². The van der Waals surface area contributed by atoms with Gasteiger partial charge in [0, 0.05) is 36.4 Å². The summed E-state index contributed by atoms with van der Waals surface area (Å²) < 4.78 is 8.14. The van der Waals surface area contributed by atoms with Crippen molar-refractivity contribution in [2.75, 3.05) is 5.73 Å². The molecule has 158 valence electrons. The molecule has 3 heterocycles. The Morgan fingerprint density at radius 3 is 2.78 bits per heavy atom. The fraction of sp³-hybridized carbons (Fsp3) is 0.192. The van der Waals surface area contributed by atoms with E-state index in [1.165, 1.54) is 0 Å². The van der Waals surface area contributed by atoms with Crippen molar-refractivity contribution in [3.05, 3.63) is 82.8 Å². The SMILES string of the molecule is Cc1ccc2c(c1)[C@@H](C)Oc1cc(cnc1N)-c1c(C#N)nn(C)c1Cc1ccccc1-2. The van der Waals surface area contributed by atoms with Crippen LogP contribution in [0.3, 0.4) is 0 Å². The Bertz CT molecular complexity index is 1400. The van der Waals surface area contributed by atoms with Gasteiger partial charge in [0.05, 0.1) is 5.69 Å². The van der Waals surface area contributed by atoms with Gasteiger partial charge in [0.25, 0.3) is 0 Å². The van der Waals surface area contributed by atoms with Gasteiger partial charge in [0.2, 0.25) is 0 Å². The third kappa shape index (κ3) is 3.19. The topological polar surface area (TPSA) is 89.8 Å². The summed E-state index contributed by atoms with van der Waals surface area (Å²) in [4.78, 5) is 4.37. The van der Waals surface area contributed by atoms with Crippen molar-refractivity contribution in [3.63, 3.8) is 0 Å². The van der Waals surface area contributed by atoms with Crippen LogP contribution in [-0.2, 0) is 13.5 Å². The minimum Gasteiger partial charge on any atom is -0.482 e. The Morgan fingerprint density at radius 2 is 1.97 bits per heavy atom. The van der Waals surface area contributed by atoms with Crippen LogP contribution in [0.5, 0.6) is 5.75 Å². The summed E-state index contributed by atoms with van der Waals surface area (Å²) in [5.41, 5.74) is 14.7. The van der Waals surface area contributed by atoms with Crippen molar-refractivity contribution in [3.8, 4) is 34.1 Å². The Hall–Kier alpha value is -4.11. The first-order chi connectivity index (χ1) is 15.5. The molecular weight excluding hydrogens is 398 g/mol. The quantitative estimate of drug-likeness (QED) is 0.434. The highest BCUT2D eigenvalue weighted by Crippen LogP contribution is 2.39. The Balaban J connectivity index is 1.85. The summed E-state index contributed by atoms with van der Waals surface area (Å²) >= 11 is 0. The van der Waals surface area contributed by atoms with Crippen LogP contribution in [0, 0.1) is 18.3 Å². The van der Waals surface area contributed by atoms with Gasteiger partial charge in [0.1, 0.15) is 12.2 Å². The predicted octanol–water partition coefficient (Wildman–Crippen LogP) is 4.96. The molecule has 2 aromatic carbocycles. The molecule has 1 atom stereocenters. The normalized spacial score (nSPS) is 14.6. The van der Waals surface area contributed by atoms with Crippen LogP contribution in [0.1, 0.15) is 41.1 Å². The fourth-order valence-electron chi connectivity index (χ4n) is 4.46. The maximum Gasteiger partial charge on any atom is 0.170 e. The Morgan fingerprint density at radius 1 is 1.16 bits per heavy atom. The molecule has 2 N–H and O–H groups in total. The van der Waals surface area contributed by atoms with Crippen LogP contribution in [0.4, 0.5) is 5.82 Å². The summed E-state index contributed by atoms with van der Waals surface area (Å²) in [6, 6.07) is 18.9. The molecule has 1 aliphatic heterocycles. The summed E-state index contributed by atoms with van der Waals surface area (Å²) in [6.07, 6.45) is 2.06. The second-order valence-electron chi connectivity index (χ2n) is 8.20. The lowest BCUT2D eigenvalue weighted by Gasteiger charge is -2.22. The van der Waals surface area contributed by atoms with Crippen LogP contribution >= 0.6 is 0 Å². The summed E-state index contributed by atoms with van der Waals surface area (Å²) in [5, 5.41) is 14.2. The number of ether oxygens (including phenoxy) is 1. The lowest BCUT2D eigenvalue weighted by molar-refractivity contribution is 0.228. The molecule has 0 spiro atoms. The van der Waals surface area contributed by atoms with E-state index in [0.29, 0.717) is 23.7 Å². The van der Waals surface area contributed by atoms with Gasteiger partial charge in [-0.25, -0.2) is 4.98 Å². The van der Waals surface area contributed by atoms with E-state index in [2.05, 4.69) is 59.5 Å². The Labute approximate surface area is 186 Å². The zero-order valence-corrected chi connectivity index (χ0v) is 18.3. The van der Waals surface area contributed by atoms with Crippen molar-refractivity contribution in [1.82, 2.24) is 14.8 Å². The number of aromatic nitrogens is 3. The van der Waals surface area contributed by atoms with Crippen LogP contribution in [0.15, 0.2) is 54.7 Å². The minimum absolute atomic E-state index is 0.250. The first-order valence-corrected chi connectivity index (χ1v) is 10.5. The fourth-order valence-corrected chi connectivity index (χ4v) is 4.46. The number of nitrogen functional groups attached to an aromatic ring is 1. The molecule has 0 saturated heterocycles. The van der Waals surface area contributed by atoms with E-state index in [1.54, 1.807) is 10.9 Å². The van der Waals surface area contributed by atoms with Crippen LogP contribution in [0.25, 0.3) is 22.3 Å². The second-order valence-corrected chi connectivity index (χ2v) is 8.20. The zero-order valence-electron chi connectivity index (χ0n) is 18.3. The molecular formula is C26H23N5O. The number of aryl methyl sites for hydroxylation is 2. The highest BCUT2D eigenvalue weighted by molar-refractivity contribution is 5.77. The molecule has 0 amide bonds. The monoisotopic (exact) mass is 421 g/mol. The first kappa shape index (κ1) is 19.8. The molecule has 6 heteroatoms. The van der Waals surface area contributed by atoms with Crippen molar-refractivity contribution in [2.24, 2.45) is 7.05 Å². The Kier molecular flexibility index (Phi) is 4.67. The average molecular weight is 422 g/mol. The van der Waals surface area contributed by atoms with Gasteiger partial charge in [-0.2, -0.15) is 10.4 Å². The van der Waals surface area contributed by atoms with Gasteiger partial charge in [-0.05, 0) is 36.6 Å². The summed E-state index contributed by atoms with van der Waals surface area (Å²) in [5.74, 6) is 0.811. The number of nitrogens with zero attached hydrogens (tertiary/aromatic N) is 4.